The van der Waals surface area contributed by atoms with Crippen LogP contribution < -0.4 is 5.32 Å². The van der Waals surface area contributed by atoms with Crippen LogP contribution in [0.2, 0.25) is 0 Å². The van der Waals surface area contributed by atoms with Gasteiger partial charge in [-0.25, -0.2) is 8.42 Å². The fraction of sp³-hybridized carbons (Fsp3) is 0.615. The van der Waals surface area contributed by atoms with E-state index in [4.69, 9.17) is 0 Å². The van der Waals surface area contributed by atoms with Gasteiger partial charge in [-0.05, 0) is 13.0 Å². The van der Waals surface area contributed by atoms with E-state index in [0.29, 0.717) is 19.6 Å². The number of nitrogens with one attached hydrogen (secondary N) is 1. The smallest absolute Gasteiger partial charge is 0.246 e. The second-order valence-corrected chi connectivity index (χ2v) is 6.37. The molecule has 0 unspecified atom stereocenters. The van der Waals surface area contributed by atoms with Crippen LogP contribution in [-0.2, 0) is 16.6 Å². The van der Waals surface area contributed by atoms with E-state index in [2.05, 4.69) is 23.9 Å². The van der Waals surface area contributed by atoms with Crippen molar-refractivity contribution >= 4 is 10.0 Å². The first-order valence-corrected chi connectivity index (χ1v) is 8.34. The zero-order valence-electron chi connectivity index (χ0n) is 12.2. The highest BCUT2D eigenvalue weighted by Crippen LogP contribution is 2.14. The van der Waals surface area contributed by atoms with Crippen LogP contribution in [0.5, 0.6) is 0 Å². The summed E-state index contributed by atoms with van der Waals surface area (Å²) in [7, 11) is -3.47. The van der Waals surface area contributed by atoms with Gasteiger partial charge in [-0.15, -0.1) is 6.58 Å². The van der Waals surface area contributed by atoms with Crippen LogP contribution in [0.4, 0.5) is 0 Å². The molecule has 7 heteroatoms. The van der Waals surface area contributed by atoms with Crippen molar-refractivity contribution in [2.24, 2.45) is 0 Å². The van der Waals surface area contributed by atoms with Crippen molar-refractivity contribution in [3.63, 3.8) is 0 Å². The number of rotatable bonds is 10. The Labute approximate surface area is 121 Å². The number of likely N-dealkylation sites (N-methyl/N-ethyl adjacent to an activating group) is 1. The van der Waals surface area contributed by atoms with E-state index < -0.39 is 10.0 Å². The van der Waals surface area contributed by atoms with Crippen molar-refractivity contribution in [3.8, 4) is 0 Å². The minimum absolute atomic E-state index is 0.233. The Morgan fingerprint density at radius 1 is 1.45 bits per heavy atom. The maximum atomic E-state index is 12.4. The lowest BCUT2D eigenvalue weighted by molar-refractivity contribution is 0.459. The Balaban J connectivity index is 2.72. The van der Waals surface area contributed by atoms with E-state index in [-0.39, 0.29) is 4.90 Å². The summed E-state index contributed by atoms with van der Waals surface area (Å²) in [6, 6.07) is 0. The molecule has 1 N–H and O–H groups in total. The summed E-state index contributed by atoms with van der Waals surface area (Å²) in [5.74, 6) is 0. The van der Waals surface area contributed by atoms with Crippen LogP contribution in [0.3, 0.4) is 0 Å². The Morgan fingerprint density at radius 2 is 2.20 bits per heavy atom. The third-order valence-electron chi connectivity index (χ3n) is 2.88. The first-order valence-electron chi connectivity index (χ1n) is 6.90. The van der Waals surface area contributed by atoms with Crippen molar-refractivity contribution in [2.75, 3.05) is 26.2 Å². The summed E-state index contributed by atoms with van der Waals surface area (Å²) in [6.45, 7) is 10.6. The summed E-state index contributed by atoms with van der Waals surface area (Å²) in [6.07, 6.45) is 5.64. The maximum absolute atomic E-state index is 12.4. The molecule has 114 valence electrons. The van der Waals surface area contributed by atoms with Crippen LogP contribution in [0.1, 0.15) is 20.3 Å². The topological polar surface area (TPSA) is 67.2 Å². The molecule has 6 nitrogen and oxygen atoms in total. The van der Waals surface area contributed by atoms with Gasteiger partial charge < -0.3 is 5.32 Å². The minimum Gasteiger partial charge on any atom is -0.315 e. The number of nitrogens with zero attached hydrogens (tertiary/aromatic N) is 3. The molecule has 1 aromatic heterocycles. The van der Waals surface area contributed by atoms with Crippen LogP contribution >= 0.6 is 0 Å². The van der Waals surface area contributed by atoms with Crippen molar-refractivity contribution in [3.05, 3.63) is 25.0 Å². The maximum Gasteiger partial charge on any atom is 0.246 e. The minimum atomic E-state index is -3.47. The second-order valence-electron chi connectivity index (χ2n) is 4.43. The summed E-state index contributed by atoms with van der Waals surface area (Å²) < 4.78 is 27.7. The molecule has 0 saturated carbocycles. The molecule has 0 bridgehead atoms. The summed E-state index contributed by atoms with van der Waals surface area (Å²) >= 11 is 0. The molecule has 0 radical (unpaired) electrons. The van der Waals surface area contributed by atoms with Gasteiger partial charge in [0.05, 0.1) is 12.7 Å². The van der Waals surface area contributed by atoms with Gasteiger partial charge in [-0.3, -0.25) is 4.68 Å². The van der Waals surface area contributed by atoms with Gasteiger partial charge in [-0.2, -0.15) is 9.40 Å². The highest BCUT2D eigenvalue weighted by molar-refractivity contribution is 7.89. The van der Waals surface area contributed by atoms with Gasteiger partial charge in [0, 0.05) is 25.8 Å². The average Bonchev–Trinajstić information content (AvgIpc) is 2.90. The molecule has 0 aliphatic carbocycles. The van der Waals surface area contributed by atoms with Crippen molar-refractivity contribution in [1.29, 1.82) is 0 Å². The average molecular weight is 300 g/mol. The predicted octanol–water partition coefficient (Wildman–Crippen LogP) is 1.08. The van der Waals surface area contributed by atoms with E-state index in [1.165, 1.54) is 10.5 Å². The Kier molecular flexibility index (Phi) is 6.90. The fourth-order valence-electron chi connectivity index (χ4n) is 1.79. The van der Waals surface area contributed by atoms with E-state index in [1.807, 2.05) is 0 Å². The lowest BCUT2D eigenvalue weighted by Crippen LogP contribution is -2.30. The van der Waals surface area contributed by atoms with Crippen LogP contribution in [0.25, 0.3) is 0 Å². The molecule has 0 saturated heterocycles. The molecule has 0 aliphatic rings. The highest BCUT2D eigenvalue weighted by atomic mass is 32.2. The molecule has 0 amide bonds. The zero-order chi connectivity index (χ0) is 15.0. The normalized spacial score (nSPS) is 11.9. The van der Waals surface area contributed by atoms with Gasteiger partial charge in [0.25, 0.3) is 0 Å². The summed E-state index contributed by atoms with van der Waals surface area (Å²) in [5.41, 5.74) is 0. The molecule has 1 aromatic rings. The molecule has 20 heavy (non-hydrogen) atoms. The quantitative estimate of drug-likeness (QED) is 0.519. The van der Waals surface area contributed by atoms with Crippen molar-refractivity contribution < 1.29 is 8.42 Å². The third kappa shape index (κ3) is 4.43. The van der Waals surface area contributed by atoms with Crippen molar-refractivity contribution in [1.82, 2.24) is 19.4 Å². The molecular formula is C13H24N4O2S. The Morgan fingerprint density at radius 3 is 2.80 bits per heavy atom. The molecule has 0 spiro atoms. The largest absolute Gasteiger partial charge is 0.315 e. The molecular weight excluding hydrogens is 276 g/mol. The van der Waals surface area contributed by atoms with E-state index >= 15 is 0 Å². The molecule has 0 aromatic carbocycles. The van der Waals surface area contributed by atoms with Crippen LogP contribution in [0, 0.1) is 0 Å². The molecule has 1 rings (SSSR count). The van der Waals surface area contributed by atoms with Crippen molar-refractivity contribution in [2.45, 2.75) is 31.7 Å². The molecule has 1 heterocycles. The van der Waals surface area contributed by atoms with Crippen LogP contribution in [-0.4, -0.2) is 48.7 Å². The van der Waals surface area contributed by atoms with E-state index in [9.17, 15) is 8.42 Å². The lowest BCUT2D eigenvalue weighted by atomic mass is 10.5. The summed E-state index contributed by atoms with van der Waals surface area (Å²) in [5, 5.41) is 7.35. The second kappa shape index (κ2) is 8.18. The Bertz CT molecular complexity index is 510. The van der Waals surface area contributed by atoms with Gasteiger partial charge in [0.2, 0.25) is 10.0 Å². The molecule has 0 aliphatic heterocycles. The molecule has 0 atom stereocenters. The highest BCUT2D eigenvalue weighted by Gasteiger charge is 2.23. The lowest BCUT2D eigenvalue weighted by Gasteiger charge is -2.17. The van der Waals surface area contributed by atoms with E-state index in [0.717, 1.165) is 19.5 Å². The van der Waals surface area contributed by atoms with Gasteiger partial charge in [0.15, 0.2) is 0 Å². The fourth-order valence-corrected chi connectivity index (χ4v) is 3.16. The first-order chi connectivity index (χ1) is 9.56. The SMILES string of the molecule is C=CCN(CC)S(=O)(=O)c1cnn(CCNCCC)c1. The monoisotopic (exact) mass is 300 g/mol. The van der Waals surface area contributed by atoms with Crippen LogP contribution in [0.15, 0.2) is 29.9 Å². The Hall–Kier alpha value is -1.18. The van der Waals surface area contributed by atoms with E-state index in [1.54, 1.807) is 23.9 Å². The summed E-state index contributed by atoms with van der Waals surface area (Å²) in [4.78, 5) is 0.233. The standard InChI is InChI=1S/C13H24N4O2S/c1-4-7-14-8-10-16-12-13(11-15-16)20(18,19)17(6-3)9-5-2/h5,11-12,14H,2,4,6-10H2,1,3H3. The number of hydrogen-bond donors (Lipinski definition) is 1. The van der Waals surface area contributed by atoms with Gasteiger partial charge in [0.1, 0.15) is 4.90 Å². The number of sulfonamides is 1. The zero-order valence-corrected chi connectivity index (χ0v) is 13.1. The molecule has 0 fully saturated rings. The first kappa shape index (κ1) is 16.9. The predicted molar refractivity (Wildman–Crippen MR) is 80.0 cm³/mol. The third-order valence-corrected chi connectivity index (χ3v) is 4.77. The number of hydrogen-bond acceptors (Lipinski definition) is 4. The van der Waals surface area contributed by atoms with Gasteiger partial charge >= 0.3 is 0 Å². The van der Waals surface area contributed by atoms with Gasteiger partial charge in [-0.1, -0.05) is 19.9 Å². The number of aromatic nitrogens is 2.